The van der Waals surface area contributed by atoms with Crippen molar-refractivity contribution in [2.75, 3.05) is 26.2 Å². The molecule has 1 aromatic heterocycles. The Hall–Kier alpha value is -1.75. The smallest absolute Gasteiger partial charge is 0.263 e. The van der Waals surface area contributed by atoms with E-state index < -0.39 is 0 Å². The van der Waals surface area contributed by atoms with Gasteiger partial charge >= 0.3 is 0 Å². The van der Waals surface area contributed by atoms with E-state index in [1.165, 1.54) is 17.4 Å². The third kappa shape index (κ3) is 7.88. The predicted molar refractivity (Wildman–Crippen MR) is 128 cm³/mol. The number of aromatic nitrogens is 1. The first-order valence-corrected chi connectivity index (χ1v) is 10.2. The number of nitrogens with zero attached hydrogens (tertiary/aromatic N) is 2. The molecule has 0 radical (unpaired) electrons. The van der Waals surface area contributed by atoms with Crippen molar-refractivity contribution in [3.8, 4) is 0 Å². The lowest BCUT2D eigenvalue weighted by atomic mass is 9.85. The molecular weight excluding hydrogens is 504 g/mol. The molecule has 29 heavy (non-hydrogen) atoms. The summed E-state index contributed by atoms with van der Waals surface area (Å²) < 4.78 is 13.5. The fraction of sp³-hybridized carbons (Fsp3) is 0.450. The minimum Gasteiger partial charge on any atom is -0.357 e. The Morgan fingerprint density at radius 3 is 2.59 bits per heavy atom. The van der Waals surface area contributed by atoms with Crippen molar-refractivity contribution < 1.29 is 9.18 Å². The van der Waals surface area contributed by atoms with Crippen LogP contribution in [0.3, 0.4) is 0 Å². The highest BCUT2D eigenvalue weighted by Gasteiger charge is 2.21. The van der Waals surface area contributed by atoms with Gasteiger partial charge in [-0.05, 0) is 31.5 Å². The molecule has 0 aliphatic carbocycles. The van der Waals surface area contributed by atoms with E-state index in [2.05, 4.69) is 25.9 Å². The van der Waals surface area contributed by atoms with Gasteiger partial charge in [0.15, 0.2) is 5.96 Å². The third-order valence-electron chi connectivity index (χ3n) is 4.24. The molecule has 0 bridgehead atoms. The van der Waals surface area contributed by atoms with Gasteiger partial charge in [0, 0.05) is 25.0 Å². The number of nitrogens with one attached hydrogen (secondary N) is 3. The molecule has 0 aliphatic heterocycles. The summed E-state index contributed by atoms with van der Waals surface area (Å²) in [5, 5.41) is 9.27. The van der Waals surface area contributed by atoms with E-state index in [1.807, 2.05) is 33.8 Å². The van der Waals surface area contributed by atoms with E-state index in [9.17, 15) is 9.18 Å². The van der Waals surface area contributed by atoms with Gasteiger partial charge in [0.05, 0.1) is 17.7 Å². The molecule has 3 N–H and O–H groups in total. The quantitative estimate of drug-likeness (QED) is 0.210. The van der Waals surface area contributed by atoms with E-state index in [4.69, 9.17) is 0 Å². The molecule has 9 heteroatoms. The molecule has 2 rings (SSSR count). The second kappa shape index (κ2) is 12.1. The number of rotatable bonds is 8. The van der Waals surface area contributed by atoms with Gasteiger partial charge in [-0.1, -0.05) is 26.0 Å². The van der Waals surface area contributed by atoms with Gasteiger partial charge in [0.2, 0.25) is 0 Å². The van der Waals surface area contributed by atoms with Gasteiger partial charge in [0.25, 0.3) is 5.91 Å². The Morgan fingerprint density at radius 1 is 1.24 bits per heavy atom. The maximum Gasteiger partial charge on any atom is 0.263 e. The summed E-state index contributed by atoms with van der Waals surface area (Å²) in [5.74, 6) is 0.303. The third-order valence-corrected chi connectivity index (χ3v) is 5.16. The van der Waals surface area contributed by atoms with Crippen LogP contribution in [0.5, 0.6) is 0 Å². The summed E-state index contributed by atoms with van der Waals surface area (Å²) in [6.45, 7) is 10.1. The molecule has 0 spiro atoms. The largest absolute Gasteiger partial charge is 0.357 e. The molecule has 0 atom stereocenters. The van der Waals surface area contributed by atoms with Crippen LogP contribution in [-0.2, 0) is 5.41 Å². The molecule has 0 aliphatic rings. The molecule has 1 amide bonds. The number of hydrogen-bond acceptors (Lipinski definition) is 4. The predicted octanol–water partition coefficient (Wildman–Crippen LogP) is 3.47. The van der Waals surface area contributed by atoms with Crippen molar-refractivity contribution in [1.82, 2.24) is 20.9 Å². The first-order chi connectivity index (χ1) is 13.3. The molecule has 6 nitrogen and oxygen atoms in total. The van der Waals surface area contributed by atoms with Gasteiger partial charge < -0.3 is 16.0 Å². The number of carbonyl (C=O) groups is 1. The van der Waals surface area contributed by atoms with E-state index >= 15 is 0 Å². The number of thiazole rings is 1. The summed E-state index contributed by atoms with van der Waals surface area (Å²) in [5.41, 5.74) is 3.01. The van der Waals surface area contributed by atoms with E-state index in [1.54, 1.807) is 17.6 Å². The minimum atomic E-state index is -0.303. The average molecular weight is 533 g/mol. The number of amides is 1. The van der Waals surface area contributed by atoms with E-state index in [0.717, 1.165) is 17.8 Å². The average Bonchev–Trinajstić information content (AvgIpc) is 3.09. The Balaban J connectivity index is 0.00000420. The number of guanidine groups is 1. The summed E-state index contributed by atoms with van der Waals surface area (Å²) >= 11 is 1.33. The first kappa shape index (κ1) is 25.3. The molecule has 2 aromatic rings. The lowest BCUT2D eigenvalue weighted by Gasteiger charge is -2.24. The minimum absolute atomic E-state index is 0. The van der Waals surface area contributed by atoms with Crippen molar-refractivity contribution in [1.29, 1.82) is 0 Å². The first-order valence-electron chi connectivity index (χ1n) is 9.30. The van der Waals surface area contributed by atoms with Crippen LogP contribution in [0, 0.1) is 12.7 Å². The number of hydrogen-bond donors (Lipinski definition) is 3. The molecule has 1 aromatic carbocycles. The van der Waals surface area contributed by atoms with Crippen LogP contribution in [0.15, 0.2) is 34.8 Å². The Bertz CT molecular complexity index is 825. The van der Waals surface area contributed by atoms with Crippen molar-refractivity contribution in [2.24, 2.45) is 4.99 Å². The number of halogens is 2. The van der Waals surface area contributed by atoms with Crippen molar-refractivity contribution in [2.45, 2.75) is 33.1 Å². The Morgan fingerprint density at radius 2 is 1.97 bits per heavy atom. The summed E-state index contributed by atoms with van der Waals surface area (Å²) in [6.07, 6.45) is 0. The highest BCUT2D eigenvalue weighted by Crippen LogP contribution is 2.24. The second-order valence-electron chi connectivity index (χ2n) is 7.04. The van der Waals surface area contributed by atoms with Crippen LogP contribution in [0.4, 0.5) is 4.39 Å². The van der Waals surface area contributed by atoms with Gasteiger partial charge in [-0.15, -0.1) is 35.3 Å². The lowest BCUT2D eigenvalue weighted by Crippen LogP contribution is -2.42. The Kier molecular flexibility index (Phi) is 10.5. The maximum absolute atomic E-state index is 13.5. The number of benzene rings is 1. The number of carbonyl (C=O) groups excluding carboxylic acids is 1. The van der Waals surface area contributed by atoms with Crippen LogP contribution >= 0.6 is 35.3 Å². The van der Waals surface area contributed by atoms with Crippen LogP contribution in [0.1, 0.15) is 41.7 Å². The zero-order chi connectivity index (χ0) is 20.6. The molecule has 1 heterocycles. The number of aryl methyl sites for hydroxylation is 1. The van der Waals surface area contributed by atoms with Crippen molar-refractivity contribution in [3.05, 3.63) is 51.7 Å². The fourth-order valence-electron chi connectivity index (χ4n) is 2.58. The monoisotopic (exact) mass is 533 g/mol. The van der Waals surface area contributed by atoms with Crippen molar-refractivity contribution >= 4 is 47.2 Å². The van der Waals surface area contributed by atoms with Crippen LogP contribution in [-0.4, -0.2) is 43.0 Å². The summed E-state index contributed by atoms with van der Waals surface area (Å²) in [7, 11) is 0. The zero-order valence-corrected chi connectivity index (χ0v) is 20.4. The van der Waals surface area contributed by atoms with Crippen molar-refractivity contribution in [3.63, 3.8) is 0 Å². The van der Waals surface area contributed by atoms with Crippen LogP contribution in [0.25, 0.3) is 0 Å². The van der Waals surface area contributed by atoms with Gasteiger partial charge in [-0.25, -0.2) is 9.37 Å². The molecule has 0 fully saturated rings. The lowest BCUT2D eigenvalue weighted by molar-refractivity contribution is 0.0957. The topological polar surface area (TPSA) is 78.4 Å². The Labute approximate surface area is 192 Å². The fourth-order valence-corrected chi connectivity index (χ4v) is 3.29. The van der Waals surface area contributed by atoms with E-state index in [-0.39, 0.29) is 41.1 Å². The normalized spacial score (nSPS) is 11.6. The standard InChI is InChI=1S/C20H28FN5OS.HI/c1-5-22-19(24-10-9-23-18(27)17-14(2)26-13-28-17)25-12-20(3,4)15-7-6-8-16(21)11-15;/h6-8,11,13H,5,9-10,12H2,1-4H3,(H,23,27)(H2,22,24,25);1H. The zero-order valence-electron chi connectivity index (χ0n) is 17.2. The SMILES string of the molecule is CCNC(=NCC(C)(C)c1cccc(F)c1)NCCNC(=O)c1scnc1C.I. The van der Waals surface area contributed by atoms with Crippen LogP contribution < -0.4 is 16.0 Å². The molecule has 0 unspecified atom stereocenters. The highest BCUT2D eigenvalue weighted by molar-refractivity contribution is 14.0. The number of aliphatic imine (C=N–C) groups is 1. The van der Waals surface area contributed by atoms with Gasteiger partial charge in [-0.2, -0.15) is 0 Å². The van der Waals surface area contributed by atoms with Gasteiger partial charge in [-0.3, -0.25) is 9.79 Å². The molecule has 0 saturated heterocycles. The maximum atomic E-state index is 13.5. The molecule has 0 saturated carbocycles. The summed E-state index contributed by atoms with van der Waals surface area (Å²) in [4.78, 5) is 21.4. The summed E-state index contributed by atoms with van der Waals surface area (Å²) in [6, 6.07) is 6.62. The molecule has 160 valence electrons. The van der Waals surface area contributed by atoms with Crippen LogP contribution in [0.2, 0.25) is 0 Å². The van der Waals surface area contributed by atoms with E-state index in [0.29, 0.717) is 30.5 Å². The highest BCUT2D eigenvalue weighted by atomic mass is 127. The van der Waals surface area contributed by atoms with Gasteiger partial charge in [0.1, 0.15) is 10.7 Å². The second-order valence-corrected chi connectivity index (χ2v) is 7.89. The molecular formula is C20H29FIN5OS.